The minimum absolute atomic E-state index is 0.0643. The van der Waals surface area contributed by atoms with Crippen LogP contribution in [0.5, 0.6) is 0 Å². The summed E-state index contributed by atoms with van der Waals surface area (Å²) in [5, 5.41) is 8.83. The molecule has 0 fully saturated rings. The lowest BCUT2D eigenvalue weighted by Crippen LogP contribution is -2.26. The Hall–Kier alpha value is -0.340. The molecule has 0 radical (unpaired) electrons. The van der Waals surface area contributed by atoms with Gasteiger partial charge in [-0.3, -0.25) is 0 Å². The summed E-state index contributed by atoms with van der Waals surface area (Å²) in [5.74, 6) is 0. The summed E-state index contributed by atoms with van der Waals surface area (Å²) in [6, 6.07) is 0. The van der Waals surface area contributed by atoms with Gasteiger partial charge in [0.05, 0.1) is 12.2 Å². The molecule has 0 aromatic carbocycles. The van der Waals surface area contributed by atoms with Crippen LogP contribution in [0.25, 0.3) is 0 Å². The fraction of sp³-hybridized carbons (Fsp3) is 0.818. The molecule has 0 rings (SSSR count). The van der Waals surface area contributed by atoms with Crippen LogP contribution in [-0.2, 0) is 4.74 Å². The molecule has 1 atom stereocenters. The van der Waals surface area contributed by atoms with Gasteiger partial charge in [0.1, 0.15) is 0 Å². The van der Waals surface area contributed by atoms with Gasteiger partial charge in [-0.25, -0.2) is 0 Å². The second kappa shape index (κ2) is 6.17. The van der Waals surface area contributed by atoms with E-state index in [1.165, 1.54) is 0 Å². The maximum absolute atomic E-state index is 8.83. The van der Waals surface area contributed by atoms with Crippen molar-refractivity contribution in [2.24, 2.45) is 0 Å². The number of hydrogen-bond acceptors (Lipinski definition) is 2. The largest absolute Gasteiger partial charge is 0.392 e. The molecule has 1 N–H and O–H groups in total. The van der Waals surface area contributed by atoms with Crippen molar-refractivity contribution in [2.45, 2.75) is 45.6 Å². The molecule has 0 spiro atoms. The highest BCUT2D eigenvalue weighted by atomic mass is 16.5. The Morgan fingerprint density at radius 2 is 2.15 bits per heavy atom. The minimum atomic E-state index is -0.0643. The predicted octanol–water partition coefficient (Wildman–Crippen LogP) is 2.52. The third-order valence-corrected chi connectivity index (χ3v) is 2.40. The summed E-state index contributed by atoms with van der Waals surface area (Å²) in [7, 11) is 1.75. The van der Waals surface area contributed by atoms with Gasteiger partial charge in [-0.05, 0) is 26.7 Å². The molecule has 13 heavy (non-hydrogen) atoms. The smallest absolute Gasteiger partial charge is 0.0685 e. The number of hydrogen-bond donors (Lipinski definition) is 1. The predicted molar refractivity (Wildman–Crippen MR) is 55.8 cm³/mol. The Labute approximate surface area is 81.6 Å². The van der Waals surface area contributed by atoms with E-state index in [4.69, 9.17) is 9.84 Å². The summed E-state index contributed by atoms with van der Waals surface area (Å²) in [6.07, 6.45) is 5.11. The van der Waals surface area contributed by atoms with Crippen LogP contribution in [0.15, 0.2) is 11.6 Å². The summed E-state index contributed by atoms with van der Waals surface area (Å²) < 4.78 is 5.45. The van der Waals surface area contributed by atoms with Crippen molar-refractivity contribution in [3.63, 3.8) is 0 Å². The fourth-order valence-corrected chi connectivity index (χ4v) is 1.27. The highest BCUT2D eigenvalue weighted by molar-refractivity contribution is 5.00. The molecule has 0 amide bonds. The second-order valence-electron chi connectivity index (χ2n) is 3.82. The van der Waals surface area contributed by atoms with E-state index in [1.54, 1.807) is 7.11 Å². The molecule has 0 saturated carbocycles. The SMILES string of the molecule is CCCC(C)(CC=C(C)CO)OC. The van der Waals surface area contributed by atoms with E-state index >= 15 is 0 Å². The van der Waals surface area contributed by atoms with Crippen molar-refractivity contribution in [3.05, 3.63) is 11.6 Å². The molecule has 0 aliphatic rings. The maximum Gasteiger partial charge on any atom is 0.0685 e. The Morgan fingerprint density at radius 3 is 2.54 bits per heavy atom. The number of methoxy groups -OCH3 is 1. The third kappa shape index (κ3) is 5.06. The van der Waals surface area contributed by atoms with Gasteiger partial charge in [0.2, 0.25) is 0 Å². The Bertz CT molecular complexity index is 163. The summed E-state index contributed by atoms with van der Waals surface area (Å²) in [6.45, 7) is 6.34. The Morgan fingerprint density at radius 1 is 1.54 bits per heavy atom. The van der Waals surface area contributed by atoms with Crippen molar-refractivity contribution >= 4 is 0 Å². The van der Waals surface area contributed by atoms with Crippen LogP contribution in [0, 0.1) is 0 Å². The molecule has 0 aliphatic heterocycles. The van der Waals surface area contributed by atoms with E-state index < -0.39 is 0 Å². The highest BCUT2D eigenvalue weighted by Crippen LogP contribution is 2.22. The standard InChI is InChI=1S/C11H22O2/c1-5-7-11(3,13-4)8-6-10(2)9-12/h6,12H,5,7-9H2,1-4H3. The van der Waals surface area contributed by atoms with E-state index in [0.717, 1.165) is 24.8 Å². The fourth-order valence-electron chi connectivity index (χ4n) is 1.27. The quantitative estimate of drug-likeness (QED) is 0.646. The summed E-state index contributed by atoms with van der Waals surface area (Å²) in [5.41, 5.74) is 0.949. The minimum Gasteiger partial charge on any atom is -0.392 e. The van der Waals surface area contributed by atoms with Crippen molar-refractivity contribution in [1.82, 2.24) is 0 Å². The van der Waals surface area contributed by atoms with Crippen LogP contribution in [0.2, 0.25) is 0 Å². The first-order valence-corrected chi connectivity index (χ1v) is 4.89. The van der Waals surface area contributed by atoms with Crippen LogP contribution >= 0.6 is 0 Å². The lowest BCUT2D eigenvalue weighted by Gasteiger charge is -2.26. The van der Waals surface area contributed by atoms with Crippen molar-refractivity contribution in [3.8, 4) is 0 Å². The monoisotopic (exact) mass is 186 g/mol. The van der Waals surface area contributed by atoms with Gasteiger partial charge in [0, 0.05) is 7.11 Å². The number of ether oxygens (including phenoxy) is 1. The van der Waals surface area contributed by atoms with Gasteiger partial charge < -0.3 is 9.84 Å². The maximum atomic E-state index is 8.83. The molecule has 1 unspecified atom stereocenters. The molecule has 0 saturated heterocycles. The Kier molecular flexibility index (Phi) is 6.00. The second-order valence-corrected chi connectivity index (χ2v) is 3.82. The van der Waals surface area contributed by atoms with Gasteiger partial charge in [0.25, 0.3) is 0 Å². The van der Waals surface area contributed by atoms with E-state index in [1.807, 2.05) is 6.92 Å². The molecule has 2 nitrogen and oxygen atoms in total. The average molecular weight is 186 g/mol. The molecular formula is C11H22O2. The zero-order chi connectivity index (χ0) is 10.3. The highest BCUT2D eigenvalue weighted by Gasteiger charge is 2.20. The molecule has 0 aromatic rings. The Balaban J connectivity index is 4.11. The van der Waals surface area contributed by atoms with Gasteiger partial charge in [0.15, 0.2) is 0 Å². The van der Waals surface area contributed by atoms with E-state index in [9.17, 15) is 0 Å². The van der Waals surface area contributed by atoms with Gasteiger partial charge >= 0.3 is 0 Å². The molecule has 2 heteroatoms. The third-order valence-electron chi connectivity index (χ3n) is 2.40. The number of aliphatic hydroxyl groups is 1. The lowest BCUT2D eigenvalue weighted by molar-refractivity contribution is 0.000720. The van der Waals surface area contributed by atoms with Gasteiger partial charge in [-0.15, -0.1) is 0 Å². The van der Waals surface area contributed by atoms with E-state index in [-0.39, 0.29) is 12.2 Å². The van der Waals surface area contributed by atoms with Crippen LogP contribution in [0.4, 0.5) is 0 Å². The van der Waals surface area contributed by atoms with Gasteiger partial charge in [-0.2, -0.15) is 0 Å². The van der Waals surface area contributed by atoms with E-state index in [2.05, 4.69) is 19.9 Å². The van der Waals surface area contributed by atoms with Crippen molar-refractivity contribution in [2.75, 3.05) is 13.7 Å². The normalized spacial score (nSPS) is 17.2. The van der Waals surface area contributed by atoms with Crippen molar-refractivity contribution < 1.29 is 9.84 Å². The summed E-state index contributed by atoms with van der Waals surface area (Å²) >= 11 is 0. The van der Waals surface area contributed by atoms with Crippen molar-refractivity contribution in [1.29, 1.82) is 0 Å². The van der Waals surface area contributed by atoms with Crippen LogP contribution in [-0.4, -0.2) is 24.4 Å². The van der Waals surface area contributed by atoms with E-state index in [0.29, 0.717) is 0 Å². The summed E-state index contributed by atoms with van der Waals surface area (Å²) in [4.78, 5) is 0. The number of rotatable bonds is 6. The first kappa shape index (κ1) is 12.7. The first-order chi connectivity index (χ1) is 6.08. The molecule has 0 aromatic heterocycles. The topological polar surface area (TPSA) is 29.5 Å². The lowest BCUT2D eigenvalue weighted by atomic mass is 9.95. The van der Waals surface area contributed by atoms with Gasteiger partial charge in [-0.1, -0.05) is 25.0 Å². The van der Waals surface area contributed by atoms with Crippen LogP contribution in [0.3, 0.4) is 0 Å². The van der Waals surface area contributed by atoms with Crippen LogP contribution < -0.4 is 0 Å². The zero-order valence-electron chi connectivity index (χ0n) is 9.26. The van der Waals surface area contributed by atoms with Crippen LogP contribution in [0.1, 0.15) is 40.0 Å². The average Bonchev–Trinajstić information content (AvgIpc) is 2.15. The molecule has 78 valence electrons. The first-order valence-electron chi connectivity index (χ1n) is 4.89. The molecule has 0 aliphatic carbocycles. The zero-order valence-corrected chi connectivity index (χ0v) is 9.26. The molecule has 0 heterocycles. The molecule has 0 bridgehead atoms. The molecular weight excluding hydrogens is 164 g/mol. The number of aliphatic hydroxyl groups excluding tert-OH is 1.